The van der Waals surface area contributed by atoms with Crippen LogP contribution in [0.1, 0.15) is 18.1 Å². The molecule has 11 heteroatoms. The van der Waals surface area contributed by atoms with E-state index >= 15 is 0 Å². The number of carbonyl (C=O) groups excluding carboxylic acids is 4. The van der Waals surface area contributed by atoms with Crippen LogP contribution in [0.5, 0.6) is 5.75 Å². The number of halogens is 1. The van der Waals surface area contributed by atoms with Crippen molar-refractivity contribution in [3.63, 3.8) is 0 Å². The number of phenolic OH excluding ortho intramolecular Hbond substituents is 1. The topological polar surface area (TPSA) is 154 Å². The van der Waals surface area contributed by atoms with Gasteiger partial charge in [0.05, 0.1) is 18.6 Å². The molecule has 0 aliphatic carbocycles. The molecule has 1 saturated heterocycles. The third-order valence-corrected chi connectivity index (χ3v) is 5.88. The van der Waals surface area contributed by atoms with E-state index in [1.807, 2.05) is 0 Å². The molecule has 1 aliphatic heterocycles. The summed E-state index contributed by atoms with van der Waals surface area (Å²) in [5.74, 6) is -2.44. The molecule has 0 aromatic heterocycles. The van der Waals surface area contributed by atoms with Crippen LogP contribution in [0.2, 0.25) is 0 Å². The van der Waals surface area contributed by atoms with Crippen LogP contribution in [-0.2, 0) is 32.0 Å². The van der Waals surface area contributed by atoms with Crippen LogP contribution >= 0.6 is 0 Å². The molecule has 0 spiro atoms. The molecule has 192 valence electrons. The molecule has 0 saturated carbocycles. The Morgan fingerprint density at radius 3 is 2.39 bits per heavy atom. The molecule has 2 aromatic carbocycles. The standard InChI is InChI=1S/C25H30FN5O5/c1-2-31(25(36)19(27)11-15-3-7-17(26)8-4-15)22(33)14-29-23(34)21-13-28-20(24(35)30-21)12-16-5-9-18(32)10-6-16/h3-10,19-21,28,32H,2,11-14,27H2,1H3,(H,29,34)(H,30,35). The second-order valence-corrected chi connectivity index (χ2v) is 8.52. The van der Waals surface area contributed by atoms with Gasteiger partial charge in [0, 0.05) is 13.1 Å². The van der Waals surface area contributed by atoms with Crippen molar-refractivity contribution in [1.29, 1.82) is 0 Å². The van der Waals surface area contributed by atoms with Gasteiger partial charge >= 0.3 is 0 Å². The fraction of sp³-hybridized carbons (Fsp3) is 0.360. The first-order chi connectivity index (χ1) is 17.2. The molecule has 3 rings (SSSR count). The van der Waals surface area contributed by atoms with Crippen LogP contribution in [0.3, 0.4) is 0 Å². The van der Waals surface area contributed by atoms with E-state index in [9.17, 15) is 28.7 Å². The number of benzene rings is 2. The molecular formula is C25H30FN5O5. The summed E-state index contributed by atoms with van der Waals surface area (Å²) in [6.07, 6.45) is 0.505. The van der Waals surface area contributed by atoms with Crippen molar-refractivity contribution < 1.29 is 28.7 Å². The Kier molecular flexibility index (Phi) is 9.09. The molecule has 1 heterocycles. The van der Waals surface area contributed by atoms with Crippen molar-refractivity contribution in [3.05, 3.63) is 65.5 Å². The molecular weight excluding hydrogens is 469 g/mol. The Morgan fingerprint density at radius 2 is 1.78 bits per heavy atom. The number of nitrogens with two attached hydrogens (primary N) is 1. The SMILES string of the molecule is CCN(C(=O)CNC(=O)C1CNC(Cc2ccc(O)cc2)C(=O)N1)C(=O)C(N)Cc1ccc(F)cc1. The fourth-order valence-electron chi connectivity index (χ4n) is 3.87. The lowest BCUT2D eigenvalue weighted by molar-refractivity contribution is -0.145. The van der Waals surface area contributed by atoms with E-state index in [4.69, 9.17) is 5.73 Å². The van der Waals surface area contributed by atoms with Gasteiger partial charge in [0.1, 0.15) is 17.6 Å². The number of rotatable bonds is 9. The third kappa shape index (κ3) is 7.09. The largest absolute Gasteiger partial charge is 0.508 e. The van der Waals surface area contributed by atoms with E-state index < -0.39 is 48.2 Å². The van der Waals surface area contributed by atoms with Gasteiger partial charge in [-0.1, -0.05) is 24.3 Å². The molecule has 4 amide bonds. The summed E-state index contributed by atoms with van der Waals surface area (Å²) in [7, 11) is 0. The lowest BCUT2D eigenvalue weighted by Gasteiger charge is -2.30. The first kappa shape index (κ1) is 26.8. The lowest BCUT2D eigenvalue weighted by Crippen LogP contribution is -2.63. The van der Waals surface area contributed by atoms with Gasteiger partial charge in [-0.15, -0.1) is 0 Å². The van der Waals surface area contributed by atoms with E-state index in [2.05, 4.69) is 16.0 Å². The first-order valence-electron chi connectivity index (χ1n) is 11.6. The molecule has 36 heavy (non-hydrogen) atoms. The van der Waals surface area contributed by atoms with Crippen molar-refractivity contribution in [1.82, 2.24) is 20.9 Å². The Bertz CT molecular complexity index is 1090. The molecule has 1 fully saturated rings. The molecule has 3 atom stereocenters. The first-order valence-corrected chi connectivity index (χ1v) is 11.6. The molecule has 0 radical (unpaired) electrons. The number of amides is 4. The third-order valence-electron chi connectivity index (χ3n) is 5.88. The smallest absolute Gasteiger partial charge is 0.248 e. The van der Waals surface area contributed by atoms with Gasteiger partial charge in [-0.2, -0.15) is 0 Å². The van der Waals surface area contributed by atoms with E-state index in [-0.39, 0.29) is 31.2 Å². The predicted molar refractivity (Wildman–Crippen MR) is 129 cm³/mol. The van der Waals surface area contributed by atoms with Gasteiger partial charge in [0.2, 0.25) is 23.6 Å². The predicted octanol–water partition coefficient (Wildman–Crippen LogP) is -0.408. The number of imide groups is 1. The average Bonchev–Trinajstić information content (AvgIpc) is 2.86. The summed E-state index contributed by atoms with van der Waals surface area (Å²) >= 11 is 0. The number of aromatic hydroxyl groups is 1. The maximum absolute atomic E-state index is 13.1. The van der Waals surface area contributed by atoms with E-state index in [0.29, 0.717) is 12.0 Å². The number of carbonyl (C=O) groups is 4. The van der Waals surface area contributed by atoms with Gasteiger partial charge in [-0.05, 0) is 55.2 Å². The second-order valence-electron chi connectivity index (χ2n) is 8.52. The van der Waals surface area contributed by atoms with Gasteiger partial charge < -0.3 is 26.8 Å². The molecule has 0 bridgehead atoms. The highest BCUT2D eigenvalue weighted by Gasteiger charge is 2.32. The quantitative estimate of drug-likeness (QED) is 0.314. The summed E-state index contributed by atoms with van der Waals surface area (Å²) in [5, 5.41) is 17.5. The van der Waals surface area contributed by atoms with E-state index in [1.165, 1.54) is 36.4 Å². The normalized spacial score (nSPS) is 18.1. The van der Waals surface area contributed by atoms with E-state index in [0.717, 1.165) is 10.5 Å². The summed E-state index contributed by atoms with van der Waals surface area (Å²) in [5.41, 5.74) is 7.47. The zero-order valence-corrected chi connectivity index (χ0v) is 19.9. The van der Waals surface area contributed by atoms with Gasteiger partial charge in [0.15, 0.2) is 0 Å². The number of hydrogen-bond donors (Lipinski definition) is 5. The molecule has 6 N–H and O–H groups in total. The van der Waals surface area contributed by atoms with Crippen molar-refractivity contribution in [2.24, 2.45) is 5.73 Å². The Labute approximate surface area is 208 Å². The number of likely N-dealkylation sites (N-methyl/N-ethyl adjacent to an activating group) is 1. The van der Waals surface area contributed by atoms with Crippen molar-refractivity contribution in [2.75, 3.05) is 19.6 Å². The maximum Gasteiger partial charge on any atom is 0.248 e. The molecule has 2 aromatic rings. The van der Waals surface area contributed by atoms with Crippen molar-refractivity contribution >= 4 is 23.6 Å². The van der Waals surface area contributed by atoms with Crippen molar-refractivity contribution in [2.45, 2.75) is 37.9 Å². The van der Waals surface area contributed by atoms with E-state index in [1.54, 1.807) is 19.1 Å². The highest BCUT2D eigenvalue weighted by atomic mass is 19.1. The zero-order valence-electron chi connectivity index (χ0n) is 19.9. The molecule has 3 unspecified atom stereocenters. The highest BCUT2D eigenvalue weighted by molar-refractivity contribution is 6.00. The van der Waals surface area contributed by atoms with Gasteiger partial charge in [-0.25, -0.2) is 4.39 Å². The summed E-state index contributed by atoms with van der Waals surface area (Å²) < 4.78 is 13.1. The number of nitrogens with zero attached hydrogens (tertiary/aromatic N) is 1. The van der Waals surface area contributed by atoms with Crippen LogP contribution in [0, 0.1) is 5.82 Å². The summed E-state index contributed by atoms with van der Waals surface area (Å²) in [6.45, 7) is 1.39. The van der Waals surface area contributed by atoms with Crippen LogP contribution in [0.25, 0.3) is 0 Å². The van der Waals surface area contributed by atoms with Gasteiger partial charge in [0.25, 0.3) is 0 Å². The Hall–Kier alpha value is -3.83. The monoisotopic (exact) mass is 499 g/mol. The minimum absolute atomic E-state index is 0.0608. The minimum Gasteiger partial charge on any atom is -0.508 e. The lowest BCUT2D eigenvalue weighted by atomic mass is 10.0. The van der Waals surface area contributed by atoms with Gasteiger partial charge in [-0.3, -0.25) is 24.1 Å². The van der Waals surface area contributed by atoms with Crippen LogP contribution < -0.4 is 21.7 Å². The molecule has 10 nitrogen and oxygen atoms in total. The van der Waals surface area contributed by atoms with Crippen LogP contribution in [0.4, 0.5) is 4.39 Å². The number of piperazine rings is 1. The summed E-state index contributed by atoms with van der Waals surface area (Å²) in [4.78, 5) is 51.2. The number of nitrogens with one attached hydrogen (secondary N) is 3. The zero-order chi connectivity index (χ0) is 26.2. The second kappa shape index (κ2) is 12.2. The molecule has 1 aliphatic rings. The Morgan fingerprint density at radius 1 is 1.14 bits per heavy atom. The maximum atomic E-state index is 13.1. The van der Waals surface area contributed by atoms with Crippen LogP contribution in [-0.4, -0.2) is 71.4 Å². The number of hydrogen-bond acceptors (Lipinski definition) is 7. The number of phenols is 1. The van der Waals surface area contributed by atoms with Crippen LogP contribution in [0.15, 0.2) is 48.5 Å². The minimum atomic E-state index is -1.01. The fourth-order valence-corrected chi connectivity index (χ4v) is 3.87. The Balaban J connectivity index is 1.47. The van der Waals surface area contributed by atoms with Crippen molar-refractivity contribution in [3.8, 4) is 5.75 Å². The summed E-state index contributed by atoms with van der Waals surface area (Å²) in [6, 6.07) is 9.60. The average molecular weight is 500 g/mol. The highest BCUT2D eigenvalue weighted by Crippen LogP contribution is 2.12.